The predicted molar refractivity (Wildman–Crippen MR) is 96.5 cm³/mol. The van der Waals surface area contributed by atoms with E-state index in [2.05, 4.69) is 0 Å². The molecule has 0 spiro atoms. The number of hydrogen-bond donors (Lipinski definition) is 1. The van der Waals surface area contributed by atoms with E-state index in [1.165, 1.54) is 0 Å². The lowest BCUT2D eigenvalue weighted by molar-refractivity contribution is -0.429. The molecule has 2 aliphatic rings. The molecule has 0 amide bonds. The number of nitrogens with zero attached hydrogens (tertiary/aromatic N) is 1. The minimum Gasteiger partial charge on any atom is -0.481 e. The molecule has 0 aromatic carbocycles. The van der Waals surface area contributed by atoms with Crippen molar-refractivity contribution in [2.75, 3.05) is 13.1 Å². The molecule has 8 nitrogen and oxygen atoms in total. The summed E-state index contributed by atoms with van der Waals surface area (Å²) in [6.07, 6.45) is 2.99. The van der Waals surface area contributed by atoms with E-state index in [1.54, 1.807) is 27.7 Å². The van der Waals surface area contributed by atoms with Crippen LogP contribution in [0.15, 0.2) is 0 Å². The van der Waals surface area contributed by atoms with E-state index in [1.807, 2.05) is 4.90 Å². The van der Waals surface area contributed by atoms with Crippen molar-refractivity contribution in [1.29, 1.82) is 0 Å². The Bertz CT molecular complexity index is 491. The normalized spacial score (nSPS) is 26.5. The fraction of sp³-hybridized carbons (Fsp3) is 0.895. The first-order valence-corrected chi connectivity index (χ1v) is 9.83. The molecule has 1 aliphatic heterocycles. The standard InChI is InChI=1S/C19H33NO7/c1-13(17(23)25-19(2,3)4)26-27-18(20-11-5-6-12-20)24-15-9-7-14(8-10-15)16(21)22/h13-15,18H,5-12H2,1-4H3,(H,21,22). The van der Waals surface area contributed by atoms with Crippen molar-refractivity contribution in [3.63, 3.8) is 0 Å². The van der Waals surface area contributed by atoms with Crippen LogP contribution >= 0.6 is 0 Å². The first-order chi connectivity index (χ1) is 12.7. The highest BCUT2D eigenvalue weighted by atomic mass is 17.2. The Hall–Kier alpha value is -1.22. The molecule has 2 fully saturated rings. The van der Waals surface area contributed by atoms with E-state index >= 15 is 0 Å². The van der Waals surface area contributed by atoms with Crippen LogP contribution in [0.2, 0.25) is 0 Å². The Labute approximate surface area is 161 Å². The summed E-state index contributed by atoms with van der Waals surface area (Å²) in [6, 6.07) is 0. The minimum atomic E-state index is -0.874. The SMILES string of the molecule is CC(OOC(OC1CCC(C(=O)O)CC1)N1CCCC1)C(=O)OC(C)(C)C. The fourth-order valence-corrected chi connectivity index (χ4v) is 3.29. The van der Waals surface area contributed by atoms with Gasteiger partial charge in [-0.15, -0.1) is 0 Å². The fourth-order valence-electron chi connectivity index (χ4n) is 3.29. The van der Waals surface area contributed by atoms with Gasteiger partial charge in [-0.05, 0) is 66.2 Å². The number of hydrogen-bond acceptors (Lipinski definition) is 7. The lowest BCUT2D eigenvalue weighted by Gasteiger charge is -2.33. The summed E-state index contributed by atoms with van der Waals surface area (Å²) in [5, 5.41) is 9.12. The van der Waals surface area contributed by atoms with E-state index in [0.29, 0.717) is 25.7 Å². The summed E-state index contributed by atoms with van der Waals surface area (Å²) >= 11 is 0. The zero-order valence-corrected chi connectivity index (χ0v) is 16.8. The Kier molecular flexibility index (Phi) is 8.03. The Balaban J connectivity index is 1.85. The van der Waals surface area contributed by atoms with Crippen LogP contribution in [0.4, 0.5) is 0 Å². The van der Waals surface area contributed by atoms with Gasteiger partial charge in [-0.25, -0.2) is 9.68 Å². The number of carbonyl (C=O) groups is 2. The second kappa shape index (κ2) is 9.82. The van der Waals surface area contributed by atoms with Crippen molar-refractivity contribution in [2.24, 2.45) is 5.92 Å². The number of carboxylic acid groups (broad SMARTS) is 1. The highest BCUT2D eigenvalue weighted by Crippen LogP contribution is 2.28. The molecule has 0 radical (unpaired) electrons. The topological polar surface area (TPSA) is 94.5 Å². The molecule has 0 aromatic rings. The summed E-state index contributed by atoms with van der Waals surface area (Å²) in [4.78, 5) is 35.9. The van der Waals surface area contributed by atoms with Crippen molar-refractivity contribution in [3.05, 3.63) is 0 Å². The zero-order chi connectivity index (χ0) is 20.0. The van der Waals surface area contributed by atoms with Crippen LogP contribution < -0.4 is 0 Å². The van der Waals surface area contributed by atoms with E-state index in [-0.39, 0.29) is 12.0 Å². The van der Waals surface area contributed by atoms with Gasteiger partial charge in [0.2, 0.25) is 6.41 Å². The number of likely N-dealkylation sites (tertiary alicyclic amines) is 1. The van der Waals surface area contributed by atoms with Gasteiger partial charge in [0, 0.05) is 13.1 Å². The van der Waals surface area contributed by atoms with Gasteiger partial charge >= 0.3 is 11.9 Å². The van der Waals surface area contributed by atoms with Crippen LogP contribution in [0.5, 0.6) is 0 Å². The van der Waals surface area contributed by atoms with Crippen molar-refractivity contribution in [3.8, 4) is 0 Å². The third kappa shape index (κ3) is 7.37. The molecule has 2 rings (SSSR count). The molecule has 0 bridgehead atoms. The summed E-state index contributed by atoms with van der Waals surface area (Å²) in [5.74, 6) is -1.53. The van der Waals surface area contributed by atoms with Crippen LogP contribution in [0.3, 0.4) is 0 Å². The van der Waals surface area contributed by atoms with Gasteiger partial charge in [-0.2, -0.15) is 4.89 Å². The minimum absolute atomic E-state index is 0.0772. The van der Waals surface area contributed by atoms with E-state index in [9.17, 15) is 9.59 Å². The quantitative estimate of drug-likeness (QED) is 0.294. The maximum atomic E-state index is 12.0. The number of carbonyl (C=O) groups excluding carboxylic acids is 1. The van der Waals surface area contributed by atoms with Gasteiger partial charge in [0.15, 0.2) is 6.10 Å². The average Bonchev–Trinajstić information content (AvgIpc) is 3.11. The molecule has 0 aromatic heterocycles. The van der Waals surface area contributed by atoms with Crippen molar-refractivity contribution < 1.29 is 33.9 Å². The Morgan fingerprint density at radius 3 is 2.15 bits per heavy atom. The molecule has 1 heterocycles. The first kappa shape index (κ1) is 22.1. The Morgan fingerprint density at radius 2 is 1.63 bits per heavy atom. The maximum absolute atomic E-state index is 12.0. The molecular formula is C19H33NO7. The molecule has 1 N–H and O–H groups in total. The van der Waals surface area contributed by atoms with Gasteiger partial charge in [0.25, 0.3) is 0 Å². The first-order valence-electron chi connectivity index (χ1n) is 9.83. The van der Waals surface area contributed by atoms with E-state index in [0.717, 1.165) is 25.9 Å². The molecule has 8 heteroatoms. The number of ether oxygens (including phenoxy) is 2. The van der Waals surface area contributed by atoms with Gasteiger partial charge in [0.05, 0.1) is 12.0 Å². The number of aliphatic carboxylic acids is 1. The largest absolute Gasteiger partial charge is 0.481 e. The smallest absolute Gasteiger partial charge is 0.338 e. The lowest BCUT2D eigenvalue weighted by atomic mass is 9.87. The average molecular weight is 387 g/mol. The molecule has 156 valence electrons. The van der Waals surface area contributed by atoms with Gasteiger partial charge in [-0.3, -0.25) is 9.69 Å². The molecule has 1 aliphatic carbocycles. The summed E-state index contributed by atoms with van der Waals surface area (Å²) in [7, 11) is 0. The molecule has 2 unspecified atom stereocenters. The van der Waals surface area contributed by atoms with Crippen molar-refractivity contribution in [2.45, 2.75) is 90.4 Å². The monoisotopic (exact) mass is 387 g/mol. The van der Waals surface area contributed by atoms with Crippen LogP contribution in [0, 0.1) is 5.92 Å². The second-order valence-electron chi connectivity index (χ2n) is 8.37. The van der Waals surface area contributed by atoms with Gasteiger partial charge in [-0.1, -0.05) is 0 Å². The van der Waals surface area contributed by atoms with Crippen molar-refractivity contribution in [1.82, 2.24) is 4.90 Å². The lowest BCUT2D eigenvalue weighted by Crippen LogP contribution is -2.42. The summed E-state index contributed by atoms with van der Waals surface area (Å²) < 4.78 is 11.4. The maximum Gasteiger partial charge on any atom is 0.338 e. The molecular weight excluding hydrogens is 354 g/mol. The summed E-state index contributed by atoms with van der Waals surface area (Å²) in [6.45, 7) is 8.62. The number of carboxylic acids is 1. The summed E-state index contributed by atoms with van der Waals surface area (Å²) in [5.41, 5.74) is -0.595. The predicted octanol–water partition coefficient (Wildman–Crippen LogP) is 2.70. The molecule has 2 atom stereocenters. The zero-order valence-electron chi connectivity index (χ0n) is 16.8. The molecule has 27 heavy (non-hydrogen) atoms. The van der Waals surface area contributed by atoms with E-state index in [4.69, 9.17) is 24.4 Å². The second-order valence-corrected chi connectivity index (χ2v) is 8.37. The van der Waals surface area contributed by atoms with Crippen molar-refractivity contribution >= 4 is 11.9 Å². The van der Waals surface area contributed by atoms with Crippen LogP contribution in [-0.2, 0) is 28.8 Å². The van der Waals surface area contributed by atoms with Crippen LogP contribution in [0.25, 0.3) is 0 Å². The third-order valence-corrected chi connectivity index (χ3v) is 4.79. The van der Waals surface area contributed by atoms with Crippen LogP contribution in [-0.4, -0.2) is 59.3 Å². The highest BCUT2D eigenvalue weighted by Gasteiger charge is 2.33. The van der Waals surface area contributed by atoms with Crippen LogP contribution in [0.1, 0.15) is 66.2 Å². The number of rotatable bonds is 8. The van der Waals surface area contributed by atoms with Gasteiger partial charge in [0.1, 0.15) is 5.60 Å². The van der Waals surface area contributed by atoms with Gasteiger partial charge < -0.3 is 14.6 Å². The number of esters is 1. The molecule has 1 saturated carbocycles. The third-order valence-electron chi connectivity index (χ3n) is 4.79. The highest BCUT2D eigenvalue weighted by molar-refractivity contribution is 5.74. The Morgan fingerprint density at radius 1 is 1.04 bits per heavy atom. The molecule has 1 saturated heterocycles. The van der Waals surface area contributed by atoms with E-state index < -0.39 is 30.1 Å².